The Labute approximate surface area is 98.4 Å². The van der Waals surface area contributed by atoms with Crippen LogP contribution in [-0.4, -0.2) is 12.7 Å². The Morgan fingerprint density at radius 3 is 2.20 bits per heavy atom. The molecule has 0 amide bonds. The predicted molar refractivity (Wildman–Crippen MR) is 67.4 cm³/mol. The lowest BCUT2D eigenvalue weighted by Crippen LogP contribution is -1.99. The van der Waals surface area contributed by atoms with Crippen molar-refractivity contribution in [3.8, 4) is 0 Å². The quantitative estimate of drug-likeness (QED) is 0.695. The third kappa shape index (κ3) is 9.77. The number of halogens is 1. The van der Waals surface area contributed by atoms with Crippen LogP contribution in [0.4, 0.5) is 0 Å². The van der Waals surface area contributed by atoms with E-state index in [1.165, 1.54) is 12.0 Å². The van der Waals surface area contributed by atoms with E-state index in [4.69, 9.17) is 16.3 Å². The molecule has 0 aliphatic heterocycles. The Kier molecular flexibility index (Phi) is 9.65. The number of hydrogen-bond acceptors (Lipinski definition) is 1. The summed E-state index contributed by atoms with van der Waals surface area (Å²) in [5.41, 5.74) is 1.25. The molecule has 0 bridgehead atoms. The van der Waals surface area contributed by atoms with E-state index in [-0.39, 0.29) is 5.56 Å². The summed E-state index contributed by atoms with van der Waals surface area (Å²) in [6, 6.07) is 10.3. The highest BCUT2D eigenvalue weighted by Gasteiger charge is 1.97. The number of unbranched alkanes of at least 4 members (excludes halogenated alkanes) is 1. The van der Waals surface area contributed by atoms with E-state index in [1.807, 2.05) is 18.2 Å². The van der Waals surface area contributed by atoms with Gasteiger partial charge in [0.1, 0.15) is 5.56 Å². The van der Waals surface area contributed by atoms with Crippen molar-refractivity contribution in [2.75, 3.05) is 7.11 Å². The zero-order valence-corrected chi connectivity index (χ0v) is 10.6. The van der Waals surface area contributed by atoms with Gasteiger partial charge in [0.2, 0.25) is 0 Å². The first-order valence-corrected chi connectivity index (χ1v) is 5.82. The second-order valence-electron chi connectivity index (χ2n) is 3.44. The van der Waals surface area contributed by atoms with Gasteiger partial charge >= 0.3 is 0 Å². The second kappa shape index (κ2) is 10.0. The van der Waals surface area contributed by atoms with E-state index in [9.17, 15) is 0 Å². The molecule has 0 aliphatic rings. The number of methoxy groups -OCH3 is 1. The highest BCUT2D eigenvalue weighted by Crippen LogP contribution is 2.06. The molecule has 0 spiro atoms. The fourth-order valence-electron chi connectivity index (χ4n) is 1.02. The Morgan fingerprint density at radius 2 is 1.87 bits per heavy atom. The fraction of sp³-hybridized carbons (Fsp3) is 0.538. The van der Waals surface area contributed by atoms with E-state index >= 15 is 0 Å². The molecule has 1 atom stereocenters. The van der Waals surface area contributed by atoms with E-state index in [0.717, 1.165) is 12.8 Å². The van der Waals surface area contributed by atoms with Crippen molar-refractivity contribution >= 4 is 11.6 Å². The van der Waals surface area contributed by atoms with Gasteiger partial charge in [-0.3, -0.25) is 0 Å². The zero-order chi connectivity index (χ0) is 11.5. The van der Waals surface area contributed by atoms with Crippen molar-refractivity contribution in [3.63, 3.8) is 0 Å². The molecular weight excluding hydrogens is 208 g/mol. The average molecular weight is 229 g/mol. The fourth-order valence-corrected chi connectivity index (χ4v) is 1.17. The lowest BCUT2D eigenvalue weighted by atomic mass is 10.2. The molecule has 1 aromatic rings. The van der Waals surface area contributed by atoms with E-state index in [2.05, 4.69) is 26.0 Å². The molecule has 86 valence electrons. The molecule has 0 N–H and O–H groups in total. The molecule has 0 saturated heterocycles. The van der Waals surface area contributed by atoms with Gasteiger partial charge in [-0.2, -0.15) is 0 Å². The summed E-state index contributed by atoms with van der Waals surface area (Å²) in [6.45, 7) is 4.22. The highest BCUT2D eigenvalue weighted by molar-refractivity contribution is 6.19. The summed E-state index contributed by atoms with van der Waals surface area (Å²) in [6.07, 6.45) is 3.31. The zero-order valence-electron chi connectivity index (χ0n) is 9.87. The normalized spacial score (nSPS) is 11.5. The topological polar surface area (TPSA) is 9.23 Å². The average Bonchev–Trinajstić information content (AvgIpc) is 2.28. The molecule has 1 nitrogen and oxygen atoms in total. The monoisotopic (exact) mass is 228 g/mol. The van der Waals surface area contributed by atoms with Crippen LogP contribution < -0.4 is 0 Å². The van der Waals surface area contributed by atoms with E-state index in [1.54, 1.807) is 7.11 Å². The number of benzene rings is 1. The third-order valence-corrected chi connectivity index (χ3v) is 2.38. The number of aryl methyl sites for hydroxylation is 1. The first-order chi connectivity index (χ1) is 7.20. The molecule has 1 rings (SSSR count). The van der Waals surface area contributed by atoms with E-state index < -0.39 is 0 Å². The van der Waals surface area contributed by atoms with Crippen molar-refractivity contribution in [2.45, 2.75) is 38.7 Å². The third-order valence-electron chi connectivity index (χ3n) is 1.98. The first kappa shape index (κ1) is 14.5. The van der Waals surface area contributed by atoms with Crippen LogP contribution in [0.1, 0.15) is 31.7 Å². The van der Waals surface area contributed by atoms with Crippen LogP contribution in [0.15, 0.2) is 30.3 Å². The van der Waals surface area contributed by atoms with Gasteiger partial charge in [-0.05, 0) is 19.8 Å². The van der Waals surface area contributed by atoms with Crippen LogP contribution in [0.5, 0.6) is 0 Å². The van der Waals surface area contributed by atoms with Crippen LogP contribution >= 0.6 is 11.6 Å². The van der Waals surface area contributed by atoms with Crippen molar-refractivity contribution < 1.29 is 4.74 Å². The van der Waals surface area contributed by atoms with Gasteiger partial charge in [0.25, 0.3) is 0 Å². The SMILES string of the molecule is CCCCC(Cl)OC.Cc1ccccc1. The summed E-state index contributed by atoms with van der Waals surface area (Å²) >= 11 is 5.62. The van der Waals surface area contributed by atoms with Crippen molar-refractivity contribution in [3.05, 3.63) is 35.9 Å². The molecular formula is C13H21ClO. The summed E-state index contributed by atoms with van der Waals surface area (Å²) in [4.78, 5) is 0. The molecule has 1 aromatic carbocycles. The lowest BCUT2D eigenvalue weighted by Gasteiger charge is -2.03. The molecule has 1 unspecified atom stereocenters. The highest BCUT2D eigenvalue weighted by atomic mass is 35.5. The number of ether oxygens (including phenoxy) is 1. The first-order valence-electron chi connectivity index (χ1n) is 5.39. The summed E-state index contributed by atoms with van der Waals surface area (Å²) in [5.74, 6) is 0. The second-order valence-corrected chi connectivity index (χ2v) is 3.93. The Bertz CT molecular complexity index is 223. The number of alkyl halides is 1. The Hall–Kier alpha value is -0.530. The van der Waals surface area contributed by atoms with Crippen molar-refractivity contribution in [1.29, 1.82) is 0 Å². The van der Waals surface area contributed by atoms with Crippen molar-refractivity contribution in [1.82, 2.24) is 0 Å². The Balaban J connectivity index is 0.000000262. The molecule has 0 aliphatic carbocycles. The van der Waals surface area contributed by atoms with Gasteiger partial charge in [-0.25, -0.2) is 0 Å². The maximum absolute atomic E-state index is 5.62. The van der Waals surface area contributed by atoms with Gasteiger partial charge in [-0.1, -0.05) is 60.8 Å². The van der Waals surface area contributed by atoms with Crippen LogP contribution in [0, 0.1) is 6.92 Å². The smallest absolute Gasteiger partial charge is 0.130 e. The molecule has 0 heterocycles. The molecule has 0 aromatic heterocycles. The number of rotatable bonds is 4. The van der Waals surface area contributed by atoms with Gasteiger partial charge in [-0.15, -0.1) is 0 Å². The summed E-state index contributed by atoms with van der Waals surface area (Å²) in [7, 11) is 1.63. The maximum Gasteiger partial charge on any atom is 0.130 e. The van der Waals surface area contributed by atoms with Crippen LogP contribution in [0.2, 0.25) is 0 Å². The minimum Gasteiger partial charge on any atom is -0.366 e. The Morgan fingerprint density at radius 1 is 1.27 bits per heavy atom. The van der Waals surface area contributed by atoms with Crippen LogP contribution in [0.3, 0.4) is 0 Å². The summed E-state index contributed by atoms with van der Waals surface area (Å²) in [5, 5.41) is 0. The van der Waals surface area contributed by atoms with E-state index in [0.29, 0.717) is 0 Å². The van der Waals surface area contributed by atoms with Crippen molar-refractivity contribution in [2.24, 2.45) is 0 Å². The van der Waals surface area contributed by atoms with Crippen LogP contribution in [0.25, 0.3) is 0 Å². The maximum atomic E-state index is 5.62. The summed E-state index contributed by atoms with van der Waals surface area (Å²) < 4.78 is 4.82. The number of hydrogen-bond donors (Lipinski definition) is 0. The van der Waals surface area contributed by atoms with Gasteiger partial charge in [0.15, 0.2) is 0 Å². The molecule has 0 fully saturated rings. The molecule has 2 heteroatoms. The van der Waals surface area contributed by atoms with Gasteiger partial charge < -0.3 is 4.74 Å². The molecule has 0 saturated carbocycles. The van der Waals surface area contributed by atoms with Crippen LogP contribution in [-0.2, 0) is 4.74 Å². The molecule has 15 heavy (non-hydrogen) atoms. The van der Waals surface area contributed by atoms with Gasteiger partial charge in [0.05, 0.1) is 0 Å². The van der Waals surface area contributed by atoms with Gasteiger partial charge in [0, 0.05) is 7.11 Å². The minimum atomic E-state index is -0.0741. The predicted octanol–water partition coefficient (Wildman–Crippen LogP) is 4.38. The lowest BCUT2D eigenvalue weighted by molar-refractivity contribution is 0.158. The standard InChI is InChI=1S/C7H8.C6H13ClO/c1-7-5-3-2-4-6-7;1-3-4-5-6(7)8-2/h2-6H,1H3;6H,3-5H2,1-2H3. The minimum absolute atomic E-state index is 0.0741. The largest absolute Gasteiger partial charge is 0.366 e. The molecule has 0 radical (unpaired) electrons.